The quantitative estimate of drug-likeness (QED) is 0.628. The second-order valence-electron chi connectivity index (χ2n) is 0.413. The largest absolute Gasteiger partial charge is 0.396 e. The number of rotatable bonds is 1. The second-order valence-corrected chi connectivity index (χ2v) is 1.21. The van der Waals surface area contributed by atoms with E-state index in [2.05, 4.69) is 15.9 Å². The first-order chi connectivity index (χ1) is 1.91. The van der Waals surface area contributed by atoms with Gasteiger partial charge >= 0.3 is 0 Å². The molecule has 0 aliphatic rings. The fourth-order valence-electron chi connectivity index (χ4n) is 0. The van der Waals surface area contributed by atoms with Gasteiger partial charge in [0.05, 0.1) is 6.61 Å². The van der Waals surface area contributed by atoms with Crippen LogP contribution in [0.3, 0.4) is 0 Å². The molecular formula is C2H5BrOZr. The summed E-state index contributed by atoms with van der Waals surface area (Å²) < 4.78 is 0. The Labute approximate surface area is 59.0 Å². The summed E-state index contributed by atoms with van der Waals surface area (Å²) >= 11 is 3.00. The summed E-state index contributed by atoms with van der Waals surface area (Å²) in [6, 6.07) is 0. The van der Waals surface area contributed by atoms with Gasteiger partial charge in [0.15, 0.2) is 0 Å². The molecule has 0 aliphatic carbocycles. The summed E-state index contributed by atoms with van der Waals surface area (Å²) in [7, 11) is 0. The fraction of sp³-hybridized carbons (Fsp3) is 1.00. The van der Waals surface area contributed by atoms with Crippen LogP contribution in [0.25, 0.3) is 0 Å². The molecule has 0 aliphatic heterocycles. The Kier molecular flexibility index (Phi) is 17.3. The van der Waals surface area contributed by atoms with E-state index in [1.165, 1.54) is 0 Å². The maximum Gasteiger partial charge on any atom is 0.0528 e. The number of alkyl halides is 1. The summed E-state index contributed by atoms with van der Waals surface area (Å²) in [5.41, 5.74) is 0. The molecule has 0 amide bonds. The molecule has 0 aromatic heterocycles. The van der Waals surface area contributed by atoms with Gasteiger partial charge in [0.2, 0.25) is 0 Å². The van der Waals surface area contributed by atoms with Crippen molar-refractivity contribution in [2.75, 3.05) is 11.9 Å². The van der Waals surface area contributed by atoms with Gasteiger partial charge in [0.25, 0.3) is 0 Å². The van der Waals surface area contributed by atoms with Gasteiger partial charge < -0.3 is 5.11 Å². The van der Waals surface area contributed by atoms with Crippen molar-refractivity contribution < 1.29 is 31.3 Å². The molecule has 0 bridgehead atoms. The van der Waals surface area contributed by atoms with Gasteiger partial charge in [0.1, 0.15) is 0 Å². The van der Waals surface area contributed by atoms with E-state index in [0.29, 0.717) is 5.33 Å². The summed E-state index contributed by atoms with van der Waals surface area (Å²) in [4.78, 5) is 0. The molecule has 0 spiro atoms. The zero-order valence-corrected chi connectivity index (χ0v) is 6.78. The van der Waals surface area contributed by atoms with Gasteiger partial charge in [-0.3, -0.25) is 0 Å². The predicted octanol–water partition coefficient (Wildman–Crippen LogP) is 0.371. The van der Waals surface area contributed by atoms with Crippen molar-refractivity contribution >= 4 is 15.9 Å². The van der Waals surface area contributed by atoms with E-state index in [9.17, 15) is 0 Å². The number of hydrogen-bond donors (Lipinski definition) is 1. The minimum atomic E-state index is 0. The molecule has 0 saturated carbocycles. The molecular weight excluding hydrogens is 211 g/mol. The van der Waals surface area contributed by atoms with Gasteiger partial charge in [0, 0.05) is 31.5 Å². The Hall–Kier alpha value is 1.32. The first-order valence-electron chi connectivity index (χ1n) is 1.08. The van der Waals surface area contributed by atoms with Crippen molar-refractivity contribution in [3.63, 3.8) is 0 Å². The van der Waals surface area contributed by atoms with Crippen LogP contribution in [0.4, 0.5) is 0 Å². The number of aliphatic hydroxyl groups is 1. The Morgan fingerprint density at radius 3 is 1.80 bits per heavy atom. The minimum Gasteiger partial charge on any atom is -0.396 e. The third kappa shape index (κ3) is 10.9. The van der Waals surface area contributed by atoms with Gasteiger partial charge in [-0.1, -0.05) is 15.9 Å². The average molecular weight is 216 g/mol. The van der Waals surface area contributed by atoms with E-state index >= 15 is 0 Å². The standard InChI is InChI=1S/C2H5BrO.Zr/c3-1-2-4;/h4H,1-2H2;. The molecule has 5 heavy (non-hydrogen) atoms. The zero-order valence-electron chi connectivity index (χ0n) is 2.74. The molecule has 0 atom stereocenters. The first kappa shape index (κ1) is 9.59. The second kappa shape index (κ2) is 9.01. The SMILES string of the molecule is OCCBr.[Zr]. The third-order valence-electron chi connectivity index (χ3n) is 0.0845. The van der Waals surface area contributed by atoms with Crippen molar-refractivity contribution in [2.45, 2.75) is 0 Å². The van der Waals surface area contributed by atoms with Crippen LogP contribution >= 0.6 is 15.9 Å². The third-order valence-corrected chi connectivity index (χ3v) is 0.439. The molecule has 1 nitrogen and oxygen atoms in total. The molecule has 0 aromatic carbocycles. The Morgan fingerprint density at radius 2 is 1.80 bits per heavy atom. The molecule has 3 heteroatoms. The number of aliphatic hydroxyl groups excluding tert-OH is 1. The normalized spacial score (nSPS) is 6.00. The maximum absolute atomic E-state index is 7.83. The average Bonchev–Trinajstić information content (AvgIpc) is 1.37. The van der Waals surface area contributed by atoms with Crippen LogP contribution in [0.1, 0.15) is 0 Å². The van der Waals surface area contributed by atoms with E-state index in [0.717, 1.165) is 0 Å². The van der Waals surface area contributed by atoms with Crippen LogP contribution in [0.15, 0.2) is 0 Å². The van der Waals surface area contributed by atoms with Crippen LogP contribution in [-0.4, -0.2) is 17.0 Å². The Balaban J connectivity index is 0. The molecule has 0 fully saturated rings. The number of halogens is 1. The Bertz CT molecular complexity index is 11.6. The molecule has 1 N–H and O–H groups in total. The van der Waals surface area contributed by atoms with Crippen LogP contribution < -0.4 is 0 Å². The minimum absolute atomic E-state index is 0. The molecule has 0 saturated heterocycles. The van der Waals surface area contributed by atoms with Crippen LogP contribution in [0.2, 0.25) is 0 Å². The Morgan fingerprint density at radius 1 is 1.60 bits per heavy atom. The van der Waals surface area contributed by atoms with Crippen molar-refractivity contribution in [2.24, 2.45) is 0 Å². The van der Waals surface area contributed by atoms with E-state index in [-0.39, 0.29) is 32.8 Å². The summed E-state index contributed by atoms with van der Waals surface area (Å²) in [6.45, 7) is 0.236. The number of hydrogen-bond acceptors (Lipinski definition) is 1. The smallest absolute Gasteiger partial charge is 0.0528 e. The molecule has 0 radical (unpaired) electrons. The van der Waals surface area contributed by atoms with Crippen molar-refractivity contribution in [3.8, 4) is 0 Å². The van der Waals surface area contributed by atoms with Crippen molar-refractivity contribution in [3.05, 3.63) is 0 Å². The summed E-state index contributed by atoms with van der Waals surface area (Å²) in [5, 5.41) is 8.52. The van der Waals surface area contributed by atoms with E-state index in [1.54, 1.807) is 0 Å². The van der Waals surface area contributed by atoms with E-state index in [4.69, 9.17) is 5.11 Å². The topological polar surface area (TPSA) is 20.2 Å². The van der Waals surface area contributed by atoms with Gasteiger partial charge in [-0.25, -0.2) is 0 Å². The van der Waals surface area contributed by atoms with Crippen LogP contribution in [0, 0.1) is 0 Å². The van der Waals surface area contributed by atoms with Crippen LogP contribution in [0.5, 0.6) is 0 Å². The molecule has 0 heterocycles. The van der Waals surface area contributed by atoms with E-state index < -0.39 is 0 Å². The van der Waals surface area contributed by atoms with Gasteiger partial charge in [-0.05, 0) is 0 Å². The van der Waals surface area contributed by atoms with Gasteiger partial charge in [-0.15, -0.1) is 0 Å². The van der Waals surface area contributed by atoms with Crippen molar-refractivity contribution in [1.82, 2.24) is 0 Å². The summed E-state index contributed by atoms with van der Waals surface area (Å²) in [6.07, 6.45) is 0. The van der Waals surface area contributed by atoms with Gasteiger partial charge in [-0.2, -0.15) is 0 Å². The monoisotopic (exact) mass is 214 g/mol. The molecule has 0 aromatic rings. The molecule has 30 valence electrons. The fourth-order valence-corrected chi connectivity index (χ4v) is 0. The van der Waals surface area contributed by atoms with Crippen LogP contribution in [-0.2, 0) is 26.2 Å². The maximum atomic E-state index is 7.83. The first-order valence-corrected chi connectivity index (χ1v) is 2.20. The van der Waals surface area contributed by atoms with Crippen molar-refractivity contribution in [1.29, 1.82) is 0 Å². The molecule has 0 unspecified atom stereocenters. The molecule has 0 rings (SSSR count). The predicted molar refractivity (Wildman–Crippen MR) is 20.9 cm³/mol. The summed E-state index contributed by atoms with van der Waals surface area (Å²) in [5.74, 6) is 0. The van der Waals surface area contributed by atoms with E-state index in [1.807, 2.05) is 0 Å². The zero-order chi connectivity index (χ0) is 3.41.